The summed E-state index contributed by atoms with van der Waals surface area (Å²) in [4.78, 5) is 30.4. The average molecular weight is 448 g/mol. The highest BCUT2D eigenvalue weighted by Gasteiger charge is 2.26. The number of carbonyl (C=O) groups is 2. The van der Waals surface area contributed by atoms with E-state index in [1.54, 1.807) is 7.11 Å². The number of hydrogen-bond donors (Lipinski definition) is 2. The SMILES string of the molecule is COc1ccc2[nH]cc(C3CCN(C(=O)CNC(=O)c4ccc(C(C)(C)C)cc4)CC3)c2c1. The number of methoxy groups -OCH3 is 1. The van der Waals surface area contributed by atoms with Crippen LogP contribution < -0.4 is 10.1 Å². The van der Waals surface area contributed by atoms with Crippen LogP contribution in [-0.4, -0.2) is 48.4 Å². The van der Waals surface area contributed by atoms with E-state index in [2.05, 4.69) is 43.3 Å². The van der Waals surface area contributed by atoms with E-state index in [1.165, 1.54) is 16.5 Å². The molecule has 1 aromatic heterocycles. The first-order chi connectivity index (χ1) is 15.8. The number of likely N-dealkylation sites (tertiary alicyclic amines) is 1. The highest BCUT2D eigenvalue weighted by molar-refractivity contribution is 5.96. The number of carbonyl (C=O) groups excluding carboxylic acids is 2. The van der Waals surface area contributed by atoms with E-state index in [-0.39, 0.29) is 23.8 Å². The number of benzene rings is 2. The van der Waals surface area contributed by atoms with Gasteiger partial charge in [0.05, 0.1) is 13.7 Å². The Bertz CT molecular complexity index is 1130. The molecule has 0 atom stereocenters. The van der Waals surface area contributed by atoms with E-state index >= 15 is 0 Å². The summed E-state index contributed by atoms with van der Waals surface area (Å²) in [7, 11) is 1.68. The second kappa shape index (κ2) is 9.30. The van der Waals surface area contributed by atoms with Crippen molar-refractivity contribution in [2.24, 2.45) is 0 Å². The maximum atomic E-state index is 12.7. The van der Waals surface area contributed by atoms with Crippen molar-refractivity contribution in [1.29, 1.82) is 0 Å². The van der Waals surface area contributed by atoms with Crippen molar-refractivity contribution >= 4 is 22.7 Å². The largest absolute Gasteiger partial charge is 0.497 e. The Morgan fingerprint density at radius 3 is 2.42 bits per heavy atom. The summed E-state index contributed by atoms with van der Waals surface area (Å²) >= 11 is 0. The standard InChI is InChI=1S/C27H33N3O3/c1-27(2,3)20-7-5-19(6-8-20)26(32)29-17-25(31)30-13-11-18(12-14-30)23-16-28-24-10-9-21(33-4)15-22(23)24/h5-10,15-16,18,28H,11-14,17H2,1-4H3,(H,29,32). The summed E-state index contributed by atoms with van der Waals surface area (Å²) in [6.45, 7) is 7.82. The van der Waals surface area contributed by atoms with Gasteiger partial charge in [-0.25, -0.2) is 0 Å². The van der Waals surface area contributed by atoms with Crippen molar-refractivity contribution in [3.8, 4) is 5.75 Å². The lowest BCUT2D eigenvalue weighted by Crippen LogP contribution is -2.43. The minimum atomic E-state index is -0.216. The smallest absolute Gasteiger partial charge is 0.251 e. The molecule has 2 aromatic carbocycles. The van der Waals surface area contributed by atoms with Crippen molar-refractivity contribution in [3.63, 3.8) is 0 Å². The van der Waals surface area contributed by atoms with E-state index in [0.29, 0.717) is 24.6 Å². The second-order valence-electron chi connectivity index (χ2n) is 9.82. The number of aromatic amines is 1. The molecular formula is C27H33N3O3. The molecule has 3 aromatic rings. The minimum absolute atomic E-state index is 0.0226. The number of ether oxygens (including phenoxy) is 1. The highest BCUT2D eigenvalue weighted by Crippen LogP contribution is 2.34. The molecule has 2 heterocycles. The van der Waals surface area contributed by atoms with Crippen molar-refractivity contribution in [2.45, 2.75) is 44.9 Å². The van der Waals surface area contributed by atoms with Crippen LogP contribution in [-0.2, 0) is 10.2 Å². The third-order valence-corrected chi connectivity index (χ3v) is 6.62. The van der Waals surface area contributed by atoms with Gasteiger partial charge < -0.3 is 19.9 Å². The number of nitrogens with one attached hydrogen (secondary N) is 2. The van der Waals surface area contributed by atoms with Crippen LogP contribution in [0.25, 0.3) is 10.9 Å². The fourth-order valence-electron chi connectivity index (χ4n) is 4.52. The molecule has 33 heavy (non-hydrogen) atoms. The van der Waals surface area contributed by atoms with Crippen LogP contribution in [0.2, 0.25) is 0 Å². The van der Waals surface area contributed by atoms with Gasteiger partial charge in [0, 0.05) is 35.8 Å². The number of nitrogens with zero attached hydrogens (tertiary/aromatic N) is 1. The quantitative estimate of drug-likeness (QED) is 0.600. The van der Waals surface area contributed by atoms with E-state index in [4.69, 9.17) is 4.74 Å². The first-order valence-corrected chi connectivity index (χ1v) is 11.6. The lowest BCUT2D eigenvalue weighted by atomic mass is 9.87. The molecule has 2 N–H and O–H groups in total. The van der Waals surface area contributed by atoms with Gasteiger partial charge in [0.25, 0.3) is 5.91 Å². The molecular weight excluding hydrogens is 414 g/mol. The summed E-state index contributed by atoms with van der Waals surface area (Å²) in [5, 5.41) is 3.96. The zero-order chi connectivity index (χ0) is 23.6. The molecule has 1 aliphatic rings. The molecule has 0 spiro atoms. The van der Waals surface area contributed by atoms with Crippen LogP contribution in [0.4, 0.5) is 0 Å². The summed E-state index contributed by atoms with van der Waals surface area (Å²) < 4.78 is 5.38. The van der Waals surface area contributed by atoms with Gasteiger partial charge in [-0.2, -0.15) is 0 Å². The molecule has 174 valence electrons. The normalized spacial score (nSPS) is 15.0. The summed E-state index contributed by atoms with van der Waals surface area (Å²) in [5.41, 5.74) is 4.16. The van der Waals surface area contributed by atoms with Gasteiger partial charge in [-0.1, -0.05) is 32.9 Å². The Hall–Kier alpha value is -3.28. The zero-order valence-electron chi connectivity index (χ0n) is 19.9. The summed E-state index contributed by atoms with van der Waals surface area (Å²) in [6, 6.07) is 13.7. The highest BCUT2D eigenvalue weighted by atomic mass is 16.5. The lowest BCUT2D eigenvalue weighted by molar-refractivity contribution is -0.131. The Labute approximate surface area is 195 Å². The number of amides is 2. The van der Waals surface area contributed by atoms with Gasteiger partial charge in [0.2, 0.25) is 5.91 Å². The van der Waals surface area contributed by atoms with Gasteiger partial charge in [-0.3, -0.25) is 9.59 Å². The second-order valence-corrected chi connectivity index (χ2v) is 9.82. The first-order valence-electron chi connectivity index (χ1n) is 11.6. The van der Waals surface area contributed by atoms with Crippen molar-refractivity contribution in [2.75, 3.05) is 26.7 Å². The maximum absolute atomic E-state index is 12.7. The summed E-state index contributed by atoms with van der Waals surface area (Å²) in [6.07, 6.45) is 3.88. The van der Waals surface area contributed by atoms with Crippen molar-refractivity contribution in [3.05, 3.63) is 65.4 Å². The monoisotopic (exact) mass is 447 g/mol. The Morgan fingerprint density at radius 1 is 1.09 bits per heavy atom. The molecule has 0 radical (unpaired) electrons. The molecule has 0 saturated carbocycles. The van der Waals surface area contributed by atoms with Crippen molar-refractivity contribution in [1.82, 2.24) is 15.2 Å². The van der Waals surface area contributed by atoms with Gasteiger partial charge in [-0.05, 0) is 65.6 Å². The van der Waals surface area contributed by atoms with Crippen molar-refractivity contribution < 1.29 is 14.3 Å². The van der Waals surface area contributed by atoms with E-state index < -0.39 is 0 Å². The predicted molar refractivity (Wildman–Crippen MR) is 131 cm³/mol. The Morgan fingerprint density at radius 2 is 1.79 bits per heavy atom. The van der Waals surface area contributed by atoms with Gasteiger partial charge in [0.15, 0.2) is 0 Å². The van der Waals surface area contributed by atoms with E-state index in [0.717, 1.165) is 24.1 Å². The molecule has 1 saturated heterocycles. The molecule has 0 unspecified atom stereocenters. The first kappa shape index (κ1) is 22.9. The number of piperidine rings is 1. The van der Waals surface area contributed by atoms with Gasteiger partial charge in [0.1, 0.15) is 5.75 Å². The molecule has 6 heteroatoms. The van der Waals surface area contributed by atoms with Gasteiger partial charge in [-0.15, -0.1) is 0 Å². The number of fused-ring (bicyclic) bond motifs is 1. The Balaban J connectivity index is 1.30. The third-order valence-electron chi connectivity index (χ3n) is 6.62. The van der Waals surface area contributed by atoms with Crippen LogP contribution in [0, 0.1) is 0 Å². The maximum Gasteiger partial charge on any atom is 0.251 e. The fraction of sp³-hybridized carbons (Fsp3) is 0.407. The Kier molecular flexibility index (Phi) is 6.45. The van der Waals surface area contributed by atoms with E-state index in [9.17, 15) is 9.59 Å². The molecule has 0 aliphatic carbocycles. The number of hydrogen-bond acceptors (Lipinski definition) is 3. The van der Waals surface area contributed by atoms with E-state index in [1.807, 2.05) is 41.3 Å². The lowest BCUT2D eigenvalue weighted by Gasteiger charge is -2.32. The van der Waals surface area contributed by atoms with Crippen LogP contribution >= 0.6 is 0 Å². The molecule has 0 bridgehead atoms. The van der Waals surface area contributed by atoms with Crippen LogP contribution in [0.5, 0.6) is 5.75 Å². The number of rotatable bonds is 5. The predicted octanol–water partition coefficient (Wildman–Crippen LogP) is 4.61. The number of aromatic nitrogens is 1. The molecule has 4 rings (SSSR count). The van der Waals surface area contributed by atoms with Crippen LogP contribution in [0.15, 0.2) is 48.7 Å². The fourth-order valence-corrected chi connectivity index (χ4v) is 4.52. The number of H-pyrrole nitrogens is 1. The molecule has 1 fully saturated rings. The third kappa shape index (κ3) is 5.05. The minimum Gasteiger partial charge on any atom is -0.497 e. The van der Waals surface area contributed by atoms with Gasteiger partial charge >= 0.3 is 0 Å². The molecule has 1 aliphatic heterocycles. The van der Waals surface area contributed by atoms with Crippen LogP contribution in [0.1, 0.15) is 61.0 Å². The summed E-state index contributed by atoms with van der Waals surface area (Å²) in [5.74, 6) is 0.991. The zero-order valence-corrected chi connectivity index (χ0v) is 19.9. The van der Waals surface area contributed by atoms with Crippen LogP contribution in [0.3, 0.4) is 0 Å². The topological polar surface area (TPSA) is 74.4 Å². The molecule has 2 amide bonds. The average Bonchev–Trinajstić information content (AvgIpc) is 3.25. The molecule has 6 nitrogen and oxygen atoms in total.